The average Bonchev–Trinajstić information content (AvgIpc) is 3.76. The summed E-state index contributed by atoms with van der Waals surface area (Å²) in [5, 5.41) is 0. The molecule has 0 amide bonds. The zero-order valence-corrected chi connectivity index (χ0v) is 28.0. The van der Waals surface area contributed by atoms with E-state index in [9.17, 15) is 0 Å². The van der Waals surface area contributed by atoms with Crippen LogP contribution < -0.4 is 4.90 Å². The van der Waals surface area contributed by atoms with Crippen LogP contribution in [0.3, 0.4) is 0 Å². The lowest BCUT2D eigenvalue weighted by Gasteiger charge is -2.27. The molecule has 0 aromatic heterocycles. The molecule has 6 aromatic carbocycles. The van der Waals surface area contributed by atoms with Gasteiger partial charge in [-0.3, -0.25) is 0 Å². The van der Waals surface area contributed by atoms with Crippen molar-refractivity contribution in [3.63, 3.8) is 0 Å². The summed E-state index contributed by atoms with van der Waals surface area (Å²) < 4.78 is 0. The molecule has 2 aliphatic rings. The van der Waals surface area contributed by atoms with Gasteiger partial charge in [-0.1, -0.05) is 164 Å². The highest BCUT2D eigenvalue weighted by Gasteiger charge is 2.42. The third-order valence-corrected chi connectivity index (χ3v) is 10.2. The van der Waals surface area contributed by atoms with Gasteiger partial charge < -0.3 is 4.90 Å². The summed E-state index contributed by atoms with van der Waals surface area (Å²) in [6, 6.07) is 57.8. The Balaban J connectivity index is 1.08. The van der Waals surface area contributed by atoms with Gasteiger partial charge in [0.1, 0.15) is 0 Å². The monoisotopic (exact) mass is 631 g/mol. The van der Waals surface area contributed by atoms with Gasteiger partial charge in [0.25, 0.3) is 0 Å². The highest BCUT2D eigenvalue weighted by atomic mass is 15.2. The molecule has 1 nitrogen and oxygen atoms in total. The number of benzene rings is 6. The maximum absolute atomic E-state index is 2.62. The molecule has 49 heavy (non-hydrogen) atoms. The number of rotatable bonds is 8. The number of nitrogens with zero attached hydrogens (tertiary/aromatic N) is 1. The molecule has 1 saturated carbocycles. The summed E-state index contributed by atoms with van der Waals surface area (Å²) in [5.74, 6) is 0.572. The largest absolute Gasteiger partial charge is 0.338 e. The van der Waals surface area contributed by atoms with Crippen LogP contribution in [0.1, 0.15) is 69.7 Å². The summed E-state index contributed by atoms with van der Waals surface area (Å²) in [6.07, 6.45) is 12.8. The maximum Gasteiger partial charge on any atom is 0.0450 e. The molecule has 238 valence electrons. The first kappa shape index (κ1) is 30.7. The van der Waals surface area contributed by atoms with Crippen LogP contribution in [0.4, 0.5) is 11.4 Å². The van der Waals surface area contributed by atoms with Crippen molar-refractivity contribution in [3.8, 4) is 0 Å². The Labute approximate surface area is 291 Å². The standard InChI is InChI=1S/C48H41N/c1-35-23-28-41(29-24-35)43(38-14-5-2-6-15-38)20-11-13-36-25-30-42(31-26-36)49-47-22-12-21-44(47)46-34-37(27-32-48(46)49)33-45(39-16-7-3-8-17-39)40-18-9-4-10-19-40/h2-11,13-20,23-34,44,47H,12,21-22H2,1H3/b13-11+,43-20+. The van der Waals surface area contributed by atoms with Crippen molar-refractivity contribution in [1.82, 2.24) is 0 Å². The van der Waals surface area contributed by atoms with E-state index in [-0.39, 0.29) is 0 Å². The zero-order valence-electron chi connectivity index (χ0n) is 28.0. The van der Waals surface area contributed by atoms with Crippen LogP contribution in [-0.4, -0.2) is 6.04 Å². The minimum absolute atomic E-state index is 0.518. The Morgan fingerprint density at radius 3 is 1.78 bits per heavy atom. The van der Waals surface area contributed by atoms with Crippen molar-refractivity contribution >= 4 is 34.7 Å². The molecule has 0 radical (unpaired) electrons. The van der Waals surface area contributed by atoms with Crippen LogP contribution in [-0.2, 0) is 0 Å². The smallest absolute Gasteiger partial charge is 0.0450 e. The van der Waals surface area contributed by atoms with Crippen molar-refractivity contribution in [2.24, 2.45) is 0 Å². The summed E-state index contributed by atoms with van der Waals surface area (Å²) in [7, 11) is 0. The lowest BCUT2D eigenvalue weighted by molar-refractivity contribution is 0.642. The van der Waals surface area contributed by atoms with Gasteiger partial charge >= 0.3 is 0 Å². The molecule has 0 spiro atoms. The van der Waals surface area contributed by atoms with Gasteiger partial charge in [0.2, 0.25) is 0 Å². The molecule has 2 atom stereocenters. The van der Waals surface area contributed by atoms with Crippen LogP contribution in [0.25, 0.3) is 23.3 Å². The van der Waals surface area contributed by atoms with E-state index in [0.717, 1.165) is 0 Å². The van der Waals surface area contributed by atoms with E-state index >= 15 is 0 Å². The van der Waals surface area contributed by atoms with Crippen LogP contribution in [0.2, 0.25) is 0 Å². The molecule has 2 unspecified atom stereocenters. The lowest BCUT2D eigenvalue weighted by Crippen LogP contribution is -2.26. The summed E-state index contributed by atoms with van der Waals surface area (Å²) >= 11 is 0. The Morgan fingerprint density at radius 1 is 0.571 bits per heavy atom. The number of fused-ring (bicyclic) bond motifs is 3. The van der Waals surface area contributed by atoms with E-state index < -0.39 is 0 Å². The molecule has 0 saturated heterocycles. The average molecular weight is 632 g/mol. The predicted molar refractivity (Wildman–Crippen MR) is 209 cm³/mol. The van der Waals surface area contributed by atoms with Gasteiger partial charge in [-0.2, -0.15) is 0 Å². The minimum atomic E-state index is 0.518. The highest BCUT2D eigenvalue weighted by molar-refractivity contribution is 5.92. The van der Waals surface area contributed by atoms with E-state index in [1.807, 2.05) is 0 Å². The quantitative estimate of drug-likeness (QED) is 0.119. The van der Waals surface area contributed by atoms with Crippen LogP contribution in [0.5, 0.6) is 0 Å². The van der Waals surface area contributed by atoms with Crippen molar-refractivity contribution in [2.75, 3.05) is 4.90 Å². The van der Waals surface area contributed by atoms with Crippen LogP contribution >= 0.6 is 0 Å². The predicted octanol–water partition coefficient (Wildman–Crippen LogP) is 12.5. The molecule has 1 fully saturated rings. The molecule has 1 heteroatoms. The topological polar surface area (TPSA) is 3.24 Å². The Bertz CT molecular complexity index is 2080. The van der Waals surface area contributed by atoms with Crippen LogP contribution in [0, 0.1) is 6.92 Å². The number of aryl methyl sites for hydroxylation is 1. The van der Waals surface area contributed by atoms with Crippen molar-refractivity contribution in [3.05, 3.63) is 214 Å². The van der Waals surface area contributed by atoms with Gasteiger partial charge in [0, 0.05) is 23.3 Å². The van der Waals surface area contributed by atoms with Gasteiger partial charge in [-0.25, -0.2) is 0 Å². The van der Waals surface area contributed by atoms with Gasteiger partial charge in [0.15, 0.2) is 0 Å². The van der Waals surface area contributed by atoms with Crippen molar-refractivity contribution in [1.29, 1.82) is 0 Å². The first-order valence-electron chi connectivity index (χ1n) is 17.6. The molecule has 8 rings (SSSR count). The molecule has 0 N–H and O–H groups in total. The molecule has 6 aromatic rings. The first-order chi connectivity index (χ1) is 24.2. The third-order valence-electron chi connectivity index (χ3n) is 10.2. The minimum Gasteiger partial charge on any atom is -0.338 e. The Hall–Kier alpha value is -5.66. The van der Waals surface area contributed by atoms with Gasteiger partial charge in [-0.05, 0) is 100 Å². The number of hydrogen-bond donors (Lipinski definition) is 0. The normalized spacial score (nSPS) is 16.8. The van der Waals surface area contributed by atoms with E-state index in [1.54, 1.807) is 0 Å². The first-order valence-corrected chi connectivity index (χ1v) is 17.6. The van der Waals surface area contributed by atoms with E-state index in [1.165, 1.54) is 86.3 Å². The number of hydrogen-bond acceptors (Lipinski definition) is 1. The summed E-state index contributed by atoms with van der Waals surface area (Å²) in [4.78, 5) is 2.62. The highest BCUT2D eigenvalue weighted by Crippen LogP contribution is 2.52. The fraction of sp³-hybridized carbons (Fsp3) is 0.125. The fourth-order valence-corrected chi connectivity index (χ4v) is 7.75. The summed E-state index contributed by atoms with van der Waals surface area (Å²) in [5.41, 5.74) is 15.3. The van der Waals surface area contributed by atoms with E-state index in [4.69, 9.17) is 0 Å². The fourth-order valence-electron chi connectivity index (χ4n) is 7.75. The molecular weight excluding hydrogens is 591 g/mol. The number of allylic oxidation sites excluding steroid dienone is 2. The SMILES string of the molecule is Cc1ccc(/C(=C/C=C/c2ccc(N3c4ccc(C=C(c5ccccc5)c5ccccc5)cc4C4CCCC43)cc2)c2ccccc2)cc1. The third kappa shape index (κ3) is 6.45. The second-order valence-electron chi connectivity index (χ2n) is 13.3. The van der Waals surface area contributed by atoms with Gasteiger partial charge in [-0.15, -0.1) is 0 Å². The number of anilines is 2. The van der Waals surface area contributed by atoms with Crippen LogP contribution in [0.15, 0.2) is 170 Å². The molecule has 1 aliphatic carbocycles. The van der Waals surface area contributed by atoms with Crippen molar-refractivity contribution in [2.45, 2.75) is 38.1 Å². The molecular formula is C48H41N. The molecule has 1 heterocycles. The maximum atomic E-state index is 2.62. The van der Waals surface area contributed by atoms with Crippen molar-refractivity contribution < 1.29 is 0 Å². The summed E-state index contributed by atoms with van der Waals surface area (Å²) in [6.45, 7) is 2.14. The zero-order chi connectivity index (χ0) is 33.0. The Kier molecular flexibility index (Phi) is 8.65. The van der Waals surface area contributed by atoms with E-state index in [2.05, 4.69) is 194 Å². The second-order valence-corrected chi connectivity index (χ2v) is 13.3. The van der Waals surface area contributed by atoms with E-state index in [0.29, 0.717) is 12.0 Å². The second kappa shape index (κ2) is 13.8. The molecule has 1 aliphatic heterocycles. The lowest BCUT2D eigenvalue weighted by atomic mass is 9.93. The molecule has 0 bridgehead atoms. The Morgan fingerprint density at radius 2 is 1.14 bits per heavy atom. The van der Waals surface area contributed by atoms with Gasteiger partial charge in [0.05, 0.1) is 0 Å².